The zero-order valence-corrected chi connectivity index (χ0v) is 14.7. The molecule has 1 amide bonds. The Balaban J connectivity index is 1.84. The van der Waals surface area contributed by atoms with Crippen LogP contribution < -0.4 is 5.56 Å². The van der Waals surface area contributed by atoms with Gasteiger partial charge in [-0.1, -0.05) is 30.3 Å². The van der Waals surface area contributed by atoms with Gasteiger partial charge in [0.2, 0.25) is 11.6 Å². The summed E-state index contributed by atoms with van der Waals surface area (Å²) >= 11 is 0. The van der Waals surface area contributed by atoms with E-state index in [1.807, 2.05) is 44.2 Å². The Morgan fingerprint density at radius 1 is 1.24 bits per heavy atom. The number of nitrogens with zero attached hydrogens (tertiary/aromatic N) is 3. The fraction of sp³-hybridized carbons (Fsp3) is 0.316. The summed E-state index contributed by atoms with van der Waals surface area (Å²) in [7, 11) is 0. The van der Waals surface area contributed by atoms with Crippen LogP contribution >= 0.6 is 0 Å². The summed E-state index contributed by atoms with van der Waals surface area (Å²) in [6.45, 7) is 6.60. The third kappa shape index (κ3) is 3.33. The van der Waals surface area contributed by atoms with Crippen molar-refractivity contribution in [1.29, 1.82) is 0 Å². The molecular formula is C19H21N3O3. The van der Waals surface area contributed by atoms with Crippen molar-refractivity contribution in [2.75, 3.05) is 6.54 Å². The van der Waals surface area contributed by atoms with Gasteiger partial charge < -0.3 is 9.32 Å². The van der Waals surface area contributed by atoms with E-state index in [0.29, 0.717) is 29.9 Å². The predicted octanol–water partition coefficient (Wildman–Crippen LogP) is 2.66. The Morgan fingerprint density at radius 3 is 2.64 bits per heavy atom. The smallest absolute Gasteiger partial charge is 0.265 e. The number of aryl methyl sites for hydroxylation is 2. The lowest BCUT2D eigenvalue weighted by atomic mass is 10.2. The van der Waals surface area contributed by atoms with Gasteiger partial charge in [0.05, 0.1) is 0 Å². The fourth-order valence-corrected chi connectivity index (χ4v) is 2.81. The number of furan rings is 1. The second-order valence-electron chi connectivity index (χ2n) is 6.03. The van der Waals surface area contributed by atoms with E-state index in [4.69, 9.17) is 4.42 Å². The van der Waals surface area contributed by atoms with E-state index in [-0.39, 0.29) is 18.0 Å². The first kappa shape index (κ1) is 17.0. The Hall–Kier alpha value is -2.89. The molecule has 2 aromatic heterocycles. The number of amides is 1. The molecule has 3 rings (SSSR count). The molecule has 0 spiro atoms. The summed E-state index contributed by atoms with van der Waals surface area (Å²) in [6, 6.07) is 9.79. The highest BCUT2D eigenvalue weighted by Gasteiger charge is 2.17. The van der Waals surface area contributed by atoms with Crippen molar-refractivity contribution >= 4 is 17.0 Å². The number of carbonyl (C=O) groups is 1. The molecule has 130 valence electrons. The van der Waals surface area contributed by atoms with Gasteiger partial charge in [0.25, 0.3) is 5.56 Å². The molecule has 3 aromatic rings. The van der Waals surface area contributed by atoms with Gasteiger partial charge in [-0.25, -0.2) is 4.98 Å². The van der Waals surface area contributed by atoms with Gasteiger partial charge in [-0.2, -0.15) is 0 Å². The molecule has 0 fully saturated rings. The maximum Gasteiger partial charge on any atom is 0.265 e. The van der Waals surface area contributed by atoms with Crippen LogP contribution in [0.3, 0.4) is 0 Å². The van der Waals surface area contributed by atoms with Crippen molar-refractivity contribution in [3.05, 3.63) is 63.9 Å². The van der Waals surface area contributed by atoms with Crippen LogP contribution in [0.15, 0.2) is 45.9 Å². The lowest BCUT2D eigenvalue weighted by Crippen LogP contribution is -2.36. The predicted molar refractivity (Wildman–Crippen MR) is 95.3 cm³/mol. The number of hydrogen-bond donors (Lipinski definition) is 0. The van der Waals surface area contributed by atoms with E-state index in [1.165, 1.54) is 10.9 Å². The van der Waals surface area contributed by atoms with Gasteiger partial charge in [-0.05, 0) is 26.3 Å². The monoisotopic (exact) mass is 339 g/mol. The third-order valence-electron chi connectivity index (χ3n) is 4.41. The Labute approximate surface area is 145 Å². The van der Waals surface area contributed by atoms with Crippen molar-refractivity contribution in [3.8, 4) is 0 Å². The number of benzene rings is 1. The topological polar surface area (TPSA) is 68.3 Å². The van der Waals surface area contributed by atoms with Gasteiger partial charge in [0, 0.05) is 18.7 Å². The van der Waals surface area contributed by atoms with Crippen molar-refractivity contribution in [3.63, 3.8) is 0 Å². The number of likely N-dealkylation sites (N-methyl/N-ethyl adjacent to an activating group) is 1. The van der Waals surface area contributed by atoms with E-state index < -0.39 is 0 Å². The van der Waals surface area contributed by atoms with Crippen LogP contribution in [0.5, 0.6) is 0 Å². The number of aromatic nitrogens is 2. The van der Waals surface area contributed by atoms with Gasteiger partial charge in [0.15, 0.2) is 0 Å². The molecule has 0 aliphatic carbocycles. The van der Waals surface area contributed by atoms with Crippen LogP contribution in [0.1, 0.15) is 23.8 Å². The summed E-state index contributed by atoms with van der Waals surface area (Å²) in [5.74, 6) is 0.551. The quantitative estimate of drug-likeness (QED) is 0.717. The number of hydrogen-bond acceptors (Lipinski definition) is 4. The lowest BCUT2D eigenvalue weighted by molar-refractivity contribution is -0.132. The largest absolute Gasteiger partial charge is 0.443 e. The number of carbonyl (C=O) groups excluding carboxylic acids is 1. The summed E-state index contributed by atoms with van der Waals surface area (Å²) in [4.78, 5) is 31.2. The number of fused-ring (bicyclic) bond motifs is 1. The van der Waals surface area contributed by atoms with Crippen molar-refractivity contribution in [1.82, 2.24) is 14.5 Å². The molecular weight excluding hydrogens is 318 g/mol. The van der Waals surface area contributed by atoms with Crippen LogP contribution in [0, 0.1) is 13.8 Å². The molecule has 2 heterocycles. The minimum absolute atomic E-state index is 0.0356. The lowest BCUT2D eigenvalue weighted by Gasteiger charge is -2.21. The average Bonchev–Trinajstić information content (AvgIpc) is 2.91. The molecule has 0 atom stereocenters. The maximum absolute atomic E-state index is 12.7. The molecule has 0 aliphatic heterocycles. The fourth-order valence-electron chi connectivity index (χ4n) is 2.81. The summed E-state index contributed by atoms with van der Waals surface area (Å²) in [6.07, 6.45) is 1.38. The Kier molecular flexibility index (Phi) is 4.70. The van der Waals surface area contributed by atoms with E-state index in [1.54, 1.807) is 11.8 Å². The molecule has 25 heavy (non-hydrogen) atoms. The van der Waals surface area contributed by atoms with E-state index in [9.17, 15) is 9.59 Å². The first-order valence-electron chi connectivity index (χ1n) is 8.28. The highest BCUT2D eigenvalue weighted by atomic mass is 16.3. The molecule has 0 aliphatic rings. The molecule has 6 heteroatoms. The molecule has 0 unspecified atom stereocenters. The molecule has 0 radical (unpaired) electrons. The molecule has 0 saturated heterocycles. The van der Waals surface area contributed by atoms with E-state index >= 15 is 0 Å². The standard InChI is InChI=1S/C19H21N3O3/c1-4-21(10-15-8-6-5-7-9-15)16(23)11-22-12-20-18-17(19(22)24)13(2)14(3)25-18/h5-9,12H,4,10-11H2,1-3H3. The molecule has 0 bridgehead atoms. The summed E-state index contributed by atoms with van der Waals surface area (Å²) in [5.41, 5.74) is 1.90. The average molecular weight is 339 g/mol. The maximum atomic E-state index is 12.7. The highest BCUT2D eigenvalue weighted by molar-refractivity contribution is 5.79. The van der Waals surface area contributed by atoms with Gasteiger partial charge in [0.1, 0.15) is 24.0 Å². The van der Waals surface area contributed by atoms with Crippen molar-refractivity contribution < 1.29 is 9.21 Å². The Bertz CT molecular complexity index is 957. The van der Waals surface area contributed by atoms with Crippen LogP contribution in [0.25, 0.3) is 11.1 Å². The van der Waals surface area contributed by atoms with Crippen molar-refractivity contribution in [2.45, 2.75) is 33.9 Å². The van der Waals surface area contributed by atoms with Gasteiger partial charge in [-0.15, -0.1) is 0 Å². The second-order valence-corrected chi connectivity index (χ2v) is 6.03. The third-order valence-corrected chi connectivity index (χ3v) is 4.41. The first-order valence-corrected chi connectivity index (χ1v) is 8.28. The normalized spacial score (nSPS) is 11.0. The SMILES string of the molecule is CCN(Cc1ccccc1)C(=O)Cn1cnc2oc(C)c(C)c2c1=O. The zero-order chi connectivity index (χ0) is 18.0. The second kappa shape index (κ2) is 6.93. The highest BCUT2D eigenvalue weighted by Crippen LogP contribution is 2.19. The molecule has 0 saturated carbocycles. The first-order chi connectivity index (χ1) is 12.0. The molecule has 1 aromatic carbocycles. The minimum Gasteiger partial charge on any atom is -0.443 e. The van der Waals surface area contributed by atoms with E-state index in [0.717, 1.165) is 11.1 Å². The van der Waals surface area contributed by atoms with Crippen LogP contribution in [-0.2, 0) is 17.9 Å². The van der Waals surface area contributed by atoms with Gasteiger partial charge >= 0.3 is 0 Å². The van der Waals surface area contributed by atoms with Crippen molar-refractivity contribution in [2.24, 2.45) is 0 Å². The molecule has 0 N–H and O–H groups in total. The van der Waals surface area contributed by atoms with Gasteiger partial charge in [-0.3, -0.25) is 14.2 Å². The minimum atomic E-state index is -0.247. The van der Waals surface area contributed by atoms with Crippen LogP contribution in [0.4, 0.5) is 0 Å². The molecule has 6 nitrogen and oxygen atoms in total. The summed E-state index contributed by atoms with van der Waals surface area (Å²) in [5, 5.41) is 0.443. The van der Waals surface area contributed by atoms with Crippen LogP contribution in [-0.4, -0.2) is 26.9 Å². The van der Waals surface area contributed by atoms with Crippen LogP contribution in [0.2, 0.25) is 0 Å². The zero-order valence-electron chi connectivity index (χ0n) is 14.7. The Morgan fingerprint density at radius 2 is 1.96 bits per heavy atom. The summed E-state index contributed by atoms with van der Waals surface area (Å²) < 4.78 is 6.81. The van der Waals surface area contributed by atoms with E-state index in [2.05, 4.69) is 4.98 Å². The number of rotatable bonds is 5.